The maximum absolute atomic E-state index is 13.2. The van der Waals surface area contributed by atoms with Crippen LogP contribution in [0.2, 0.25) is 0 Å². The Balaban J connectivity index is 3.05. The molecule has 0 saturated carbocycles. The zero-order valence-corrected chi connectivity index (χ0v) is 15.5. The average Bonchev–Trinajstić information content (AvgIpc) is 2.63. The van der Waals surface area contributed by atoms with Gasteiger partial charge in [-0.1, -0.05) is 35.8 Å². The van der Waals surface area contributed by atoms with E-state index in [1.165, 1.54) is 7.05 Å². The van der Waals surface area contributed by atoms with E-state index in [9.17, 15) is 27.9 Å². The molecule has 0 radical (unpaired) electrons. The number of aliphatic hydroxyl groups is 1. The number of oxime groups is 1. The van der Waals surface area contributed by atoms with Crippen molar-refractivity contribution in [3.8, 4) is 0 Å². The van der Waals surface area contributed by atoms with Crippen molar-refractivity contribution in [3.63, 3.8) is 0 Å². The Bertz CT molecular complexity index is 709. The van der Waals surface area contributed by atoms with Gasteiger partial charge in [-0.05, 0) is 18.6 Å². The average molecular weight is 411 g/mol. The van der Waals surface area contributed by atoms with Gasteiger partial charge in [0, 0.05) is 24.7 Å². The lowest BCUT2D eigenvalue weighted by atomic mass is 9.93. The van der Waals surface area contributed by atoms with Crippen LogP contribution in [-0.2, 0) is 20.0 Å². The molecule has 7 nitrogen and oxygen atoms in total. The highest BCUT2D eigenvalue weighted by Gasteiger charge is 2.62. The number of carbonyl (C=O) groups excluding carboxylic acids is 2. The van der Waals surface area contributed by atoms with Crippen LogP contribution in [0.1, 0.15) is 25.3 Å². The number of carbonyl (C=O) groups is 2. The standard InChI is InChI=1S/C16H18ClF3N2O5/c1-4-5-12(17)21-27-14(24)22(2)11-8-6-10(7-9-11)15(25,13(23)26-3)16(18,19)20/h6-9,25H,4-5H2,1-3H3. The van der Waals surface area contributed by atoms with Crippen LogP contribution in [0.3, 0.4) is 0 Å². The number of benzene rings is 1. The van der Waals surface area contributed by atoms with Gasteiger partial charge in [0.1, 0.15) is 5.17 Å². The second kappa shape index (κ2) is 9.05. The number of nitrogens with zero attached hydrogens (tertiary/aromatic N) is 2. The minimum absolute atomic E-state index is 0.0860. The van der Waals surface area contributed by atoms with Crippen LogP contribution in [0, 0.1) is 0 Å². The SMILES string of the molecule is CCCC(Cl)=NOC(=O)N(C)c1ccc(C(O)(C(=O)OC)C(F)(F)F)cc1. The number of rotatable bonds is 6. The highest BCUT2D eigenvalue weighted by molar-refractivity contribution is 6.65. The molecule has 0 saturated heterocycles. The zero-order valence-electron chi connectivity index (χ0n) is 14.7. The molecule has 0 aromatic heterocycles. The molecule has 1 atom stereocenters. The van der Waals surface area contributed by atoms with Crippen molar-refractivity contribution in [3.05, 3.63) is 29.8 Å². The second-order valence-corrected chi connectivity index (χ2v) is 5.82. The summed E-state index contributed by atoms with van der Waals surface area (Å²) >= 11 is 5.71. The van der Waals surface area contributed by atoms with Gasteiger partial charge < -0.3 is 9.84 Å². The number of halogens is 4. The van der Waals surface area contributed by atoms with Crippen molar-refractivity contribution in [2.24, 2.45) is 5.16 Å². The quantitative estimate of drug-likeness (QED) is 0.335. The first-order chi connectivity index (χ1) is 12.5. The maximum Gasteiger partial charge on any atom is 0.440 e. The van der Waals surface area contributed by atoms with Crippen molar-refractivity contribution in [1.29, 1.82) is 0 Å². The minimum Gasteiger partial charge on any atom is -0.466 e. The Morgan fingerprint density at radius 3 is 2.26 bits per heavy atom. The van der Waals surface area contributed by atoms with E-state index in [-0.39, 0.29) is 10.9 Å². The molecule has 0 heterocycles. The summed E-state index contributed by atoms with van der Waals surface area (Å²) in [7, 11) is 2.01. The number of ether oxygens (including phenoxy) is 1. The van der Waals surface area contributed by atoms with Gasteiger partial charge in [-0.15, -0.1) is 0 Å². The first-order valence-electron chi connectivity index (χ1n) is 7.64. The molecule has 27 heavy (non-hydrogen) atoms. The Kier molecular flexibility index (Phi) is 7.61. The fraction of sp³-hybridized carbons (Fsp3) is 0.438. The zero-order chi connectivity index (χ0) is 20.8. The first-order valence-corrected chi connectivity index (χ1v) is 8.01. The summed E-state index contributed by atoms with van der Waals surface area (Å²) in [6.07, 6.45) is -5.14. The van der Waals surface area contributed by atoms with Gasteiger partial charge in [-0.2, -0.15) is 13.2 Å². The molecule has 1 amide bonds. The molecule has 1 rings (SSSR count). The highest BCUT2D eigenvalue weighted by Crippen LogP contribution is 2.40. The van der Waals surface area contributed by atoms with Crippen LogP contribution in [-0.4, -0.2) is 42.7 Å². The molecule has 0 aliphatic rings. The van der Waals surface area contributed by atoms with Gasteiger partial charge in [0.05, 0.1) is 7.11 Å². The van der Waals surface area contributed by atoms with E-state index in [1.54, 1.807) is 0 Å². The number of alkyl halides is 3. The monoisotopic (exact) mass is 410 g/mol. The molecule has 0 aliphatic carbocycles. The summed E-state index contributed by atoms with van der Waals surface area (Å²) in [6.45, 7) is 1.85. The molecule has 1 unspecified atom stereocenters. The van der Waals surface area contributed by atoms with Crippen LogP contribution >= 0.6 is 11.6 Å². The van der Waals surface area contributed by atoms with E-state index in [0.29, 0.717) is 12.8 Å². The molecule has 0 aliphatic heterocycles. The Labute approximate surface area is 158 Å². The van der Waals surface area contributed by atoms with Gasteiger partial charge in [0.2, 0.25) is 0 Å². The second-order valence-electron chi connectivity index (χ2n) is 5.38. The van der Waals surface area contributed by atoms with Crippen LogP contribution in [0.25, 0.3) is 0 Å². The summed E-state index contributed by atoms with van der Waals surface area (Å²) in [5.41, 5.74) is -4.48. The molecular weight excluding hydrogens is 393 g/mol. The van der Waals surface area contributed by atoms with Gasteiger partial charge in [0.15, 0.2) is 0 Å². The Morgan fingerprint density at radius 1 is 1.26 bits per heavy atom. The number of amides is 1. The lowest BCUT2D eigenvalue weighted by Gasteiger charge is -2.28. The molecule has 0 fully saturated rings. The third-order valence-corrected chi connectivity index (χ3v) is 3.77. The predicted molar refractivity (Wildman–Crippen MR) is 91.5 cm³/mol. The predicted octanol–water partition coefficient (Wildman–Crippen LogP) is 3.53. The lowest BCUT2D eigenvalue weighted by molar-refractivity contribution is -0.266. The summed E-state index contributed by atoms with van der Waals surface area (Å²) in [6, 6.07) is 3.87. The first kappa shape index (κ1) is 22.7. The lowest BCUT2D eigenvalue weighted by Crippen LogP contribution is -2.49. The molecule has 11 heteroatoms. The van der Waals surface area contributed by atoms with Crippen LogP contribution < -0.4 is 4.90 Å². The molecule has 1 aromatic carbocycles. The van der Waals surface area contributed by atoms with Crippen molar-refractivity contribution < 1.29 is 37.4 Å². The van der Waals surface area contributed by atoms with Gasteiger partial charge in [0.25, 0.3) is 5.60 Å². The normalized spacial score (nSPS) is 14.3. The fourth-order valence-electron chi connectivity index (χ4n) is 1.98. The molecule has 0 bridgehead atoms. The Hall–Kier alpha value is -2.33. The molecule has 1 aromatic rings. The summed E-state index contributed by atoms with van der Waals surface area (Å²) in [4.78, 5) is 29.0. The molecule has 150 valence electrons. The van der Waals surface area contributed by atoms with Crippen LogP contribution in [0.15, 0.2) is 29.4 Å². The van der Waals surface area contributed by atoms with Crippen molar-refractivity contribution in [1.82, 2.24) is 0 Å². The van der Waals surface area contributed by atoms with E-state index >= 15 is 0 Å². The fourth-order valence-corrected chi connectivity index (χ4v) is 2.20. The van der Waals surface area contributed by atoms with Gasteiger partial charge >= 0.3 is 18.2 Å². The topological polar surface area (TPSA) is 88.4 Å². The largest absolute Gasteiger partial charge is 0.466 e. The number of hydrogen-bond acceptors (Lipinski definition) is 6. The van der Waals surface area contributed by atoms with E-state index in [4.69, 9.17) is 11.6 Å². The van der Waals surface area contributed by atoms with Crippen molar-refractivity contribution in [2.75, 3.05) is 19.1 Å². The summed E-state index contributed by atoms with van der Waals surface area (Å²) < 4.78 is 43.6. The number of esters is 1. The summed E-state index contributed by atoms with van der Waals surface area (Å²) in [5, 5.41) is 13.4. The number of hydrogen-bond donors (Lipinski definition) is 1. The molecule has 0 spiro atoms. The number of anilines is 1. The van der Waals surface area contributed by atoms with Crippen molar-refractivity contribution in [2.45, 2.75) is 31.5 Å². The smallest absolute Gasteiger partial charge is 0.440 e. The van der Waals surface area contributed by atoms with Gasteiger partial charge in [-0.25, -0.2) is 9.59 Å². The Morgan fingerprint density at radius 2 is 1.81 bits per heavy atom. The summed E-state index contributed by atoms with van der Waals surface area (Å²) in [5.74, 6) is -1.88. The number of methoxy groups -OCH3 is 1. The van der Waals surface area contributed by atoms with Crippen molar-refractivity contribution >= 4 is 34.5 Å². The third kappa shape index (κ3) is 5.10. The maximum atomic E-state index is 13.2. The van der Waals surface area contributed by atoms with E-state index < -0.39 is 29.4 Å². The van der Waals surface area contributed by atoms with E-state index in [0.717, 1.165) is 36.3 Å². The van der Waals surface area contributed by atoms with Gasteiger partial charge in [-0.3, -0.25) is 9.74 Å². The molecule has 1 N–H and O–H groups in total. The third-order valence-electron chi connectivity index (χ3n) is 3.52. The minimum atomic E-state index is -5.31. The highest BCUT2D eigenvalue weighted by atomic mass is 35.5. The molecular formula is C16H18ClF3N2O5. The van der Waals surface area contributed by atoms with Crippen LogP contribution in [0.5, 0.6) is 0 Å². The van der Waals surface area contributed by atoms with Crippen LogP contribution in [0.4, 0.5) is 23.7 Å². The van der Waals surface area contributed by atoms with E-state index in [1.807, 2.05) is 6.92 Å². The van der Waals surface area contributed by atoms with E-state index in [2.05, 4.69) is 14.7 Å².